The van der Waals surface area contributed by atoms with Gasteiger partial charge >= 0.3 is 36.2 Å². The molecular formula is C15H15BrF3N4NaO. The Kier molecular flexibility index (Phi) is 10.3. The van der Waals surface area contributed by atoms with Gasteiger partial charge in [-0.05, 0) is 47.2 Å². The molecule has 0 aliphatic heterocycles. The summed E-state index contributed by atoms with van der Waals surface area (Å²) in [6, 6.07) is 1.84. The Hall–Kier alpha value is -0.900. The molecule has 25 heavy (non-hydrogen) atoms. The molecule has 0 unspecified atom stereocenters. The van der Waals surface area contributed by atoms with E-state index >= 15 is 0 Å². The fourth-order valence-electron chi connectivity index (χ4n) is 2.20. The van der Waals surface area contributed by atoms with E-state index in [0.717, 1.165) is 25.2 Å². The molecule has 2 aromatic rings. The number of halogens is 4. The number of pyridine rings is 1. The minimum Gasteiger partial charge on any atom is -0.458 e. The molecule has 1 saturated carbocycles. The van der Waals surface area contributed by atoms with Crippen LogP contribution in [-0.4, -0.2) is 27.6 Å². The monoisotopic (exact) mass is 426 g/mol. The molecule has 10 heteroatoms. The summed E-state index contributed by atoms with van der Waals surface area (Å²) in [7, 11) is 0. The van der Waals surface area contributed by atoms with Crippen LogP contribution in [0.5, 0.6) is 5.75 Å². The van der Waals surface area contributed by atoms with Crippen LogP contribution in [0.4, 0.5) is 19.0 Å². The van der Waals surface area contributed by atoms with Crippen molar-refractivity contribution in [2.75, 3.05) is 5.32 Å². The summed E-state index contributed by atoms with van der Waals surface area (Å²) in [5.74, 6) is 0.0279. The zero-order valence-electron chi connectivity index (χ0n) is 13.6. The number of hydrogen-bond donors (Lipinski definition) is 1. The van der Waals surface area contributed by atoms with Crippen LogP contribution in [0.3, 0.4) is 0 Å². The van der Waals surface area contributed by atoms with Gasteiger partial charge in [0, 0.05) is 23.0 Å². The van der Waals surface area contributed by atoms with Crippen LogP contribution in [0.25, 0.3) is 0 Å². The summed E-state index contributed by atoms with van der Waals surface area (Å²) in [4.78, 5) is 10.7. The minimum atomic E-state index is -2.83. The molecule has 0 saturated heterocycles. The van der Waals surface area contributed by atoms with E-state index in [2.05, 4.69) is 47.3 Å². The van der Waals surface area contributed by atoms with E-state index in [1.807, 2.05) is 0 Å². The van der Waals surface area contributed by atoms with Crippen LogP contribution < -0.4 is 39.6 Å². The zero-order chi connectivity index (χ0) is 17.4. The van der Waals surface area contributed by atoms with Gasteiger partial charge in [-0.2, -0.15) is 8.78 Å². The van der Waals surface area contributed by atoms with Gasteiger partial charge in [-0.3, -0.25) is 0 Å². The standard InChI is InChI=1S/C10H12BrFN2.C5H3F2N2O.Na/c11-7-5-9(12)10(13-6-7)14-8-3-1-2-4-8;6-5(7)10-4-1-8-3-9-2-4;/h5-6,8H,1-4H2,(H,13,14);1-2,5H;/q;-1;+1. The summed E-state index contributed by atoms with van der Waals surface area (Å²) in [5.41, 5.74) is 0. The first-order valence-electron chi connectivity index (χ1n) is 7.25. The van der Waals surface area contributed by atoms with Crippen LogP contribution in [0.15, 0.2) is 29.1 Å². The van der Waals surface area contributed by atoms with E-state index in [1.165, 1.54) is 18.9 Å². The molecule has 1 aliphatic rings. The first kappa shape index (κ1) is 22.1. The second-order valence-electron chi connectivity index (χ2n) is 5.01. The number of aromatic nitrogens is 3. The van der Waals surface area contributed by atoms with Gasteiger partial charge in [0.25, 0.3) is 0 Å². The average Bonchev–Trinajstić information content (AvgIpc) is 3.04. The Morgan fingerprint density at radius 3 is 2.40 bits per heavy atom. The van der Waals surface area contributed by atoms with Gasteiger partial charge in [0.15, 0.2) is 11.6 Å². The number of hydrogen-bond acceptors (Lipinski definition) is 5. The topological polar surface area (TPSA) is 59.9 Å². The van der Waals surface area contributed by atoms with Crippen LogP contribution in [0.2, 0.25) is 0 Å². The second kappa shape index (κ2) is 11.7. The maximum absolute atomic E-state index is 13.3. The molecule has 0 amide bonds. The van der Waals surface area contributed by atoms with Crippen LogP contribution in [-0.2, 0) is 0 Å². The van der Waals surface area contributed by atoms with Gasteiger partial charge in [0.05, 0.1) is 5.75 Å². The van der Waals surface area contributed by atoms with Crippen LogP contribution in [0, 0.1) is 12.1 Å². The molecule has 5 nitrogen and oxygen atoms in total. The number of alkyl halides is 2. The smallest absolute Gasteiger partial charge is 0.458 e. The fraction of sp³-hybridized carbons (Fsp3) is 0.400. The molecule has 2 heterocycles. The molecular weight excluding hydrogens is 412 g/mol. The minimum absolute atomic E-state index is 0. The van der Waals surface area contributed by atoms with Crippen LogP contribution >= 0.6 is 15.9 Å². The molecule has 0 atom stereocenters. The molecule has 0 radical (unpaired) electrons. The van der Waals surface area contributed by atoms with E-state index in [1.54, 1.807) is 6.20 Å². The predicted octanol–water partition coefficient (Wildman–Crippen LogP) is 1.22. The summed E-state index contributed by atoms with van der Waals surface area (Å²) >= 11 is 3.18. The van der Waals surface area contributed by atoms with Crippen molar-refractivity contribution in [3.63, 3.8) is 0 Å². The van der Waals surface area contributed by atoms with Crippen molar-refractivity contribution in [3.8, 4) is 5.75 Å². The largest absolute Gasteiger partial charge is 1.00 e. The molecule has 0 aromatic carbocycles. The maximum atomic E-state index is 13.3. The quantitative estimate of drug-likeness (QED) is 0.588. The number of rotatable bonds is 4. The summed E-state index contributed by atoms with van der Waals surface area (Å²) < 4.78 is 40.8. The van der Waals surface area contributed by atoms with Gasteiger partial charge in [0.1, 0.15) is 0 Å². The number of nitrogens with zero attached hydrogens (tertiary/aromatic N) is 3. The Morgan fingerprint density at radius 1 is 1.20 bits per heavy atom. The number of anilines is 1. The molecule has 3 rings (SSSR count). The van der Waals surface area contributed by atoms with Gasteiger partial charge in [0.2, 0.25) is 0 Å². The Bertz CT molecular complexity index is 633. The van der Waals surface area contributed by atoms with Crippen LogP contribution in [0.1, 0.15) is 25.7 Å². The van der Waals surface area contributed by atoms with Crippen molar-refractivity contribution >= 4 is 21.7 Å². The van der Waals surface area contributed by atoms with Crippen molar-refractivity contribution in [3.05, 3.63) is 41.3 Å². The van der Waals surface area contributed by atoms with E-state index in [0.29, 0.717) is 16.3 Å². The van der Waals surface area contributed by atoms with E-state index in [-0.39, 0.29) is 41.1 Å². The fourth-order valence-corrected chi connectivity index (χ4v) is 2.50. The normalized spacial score (nSPS) is 13.6. The number of nitrogens with one attached hydrogen (secondary N) is 1. The van der Waals surface area contributed by atoms with E-state index in [4.69, 9.17) is 0 Å². The van der Waals surface area contributed by atoms with Gasteiger partial charge in [-0.15, -0.1) is 0 Å². The van der Waals surface area contributed by atoms with E-state index in [9.17, 15) is 13.2 Å². The van der Waals surface area contributed by atoms with Gasteiger partial charge in [-0.25, -0.2) is 9.37 Å². The Labute approximate surface area is 174 Å². The van der Waals surface area contributed by atoms with Crippen molar-refractivity contribution in [1.29, 1.82) is 0 Å². The molecule has 1 fully saturated rings. The van der Waals surface area contributed by atoms with Crippen molar-refractivity contribution in [2.24, 2.45) is 0 Å². The first-order valence-corrected chi connectivity index (χ1v) is 8.04. The second-order valence-corrected chi connectivity index (χ2v) is 5.92. The van der Waals surface area contributed by atoms with Crippen molar-refractivity contribution in [1.82, 2.24) is 15.0 Å². The molecule has 1 aliphatic carbocycles. The van der Waals surface area contributed by atoms with Gasteiger partial charge in [-0.1, -0.05) is 12.8 Å². The Morgan fingerprint density at radius 2 is 1.84 bits per heavy atom. The third-order valence-electron chi connectivity index (χ3n) is 3.23. The predicted molar refractivity (Wildman–Crippen MR) is 85.3 cm³/mol. The molecule has 2 aromatic heterocycles. The van der Waals surface area contributed by atoms with Gasteiger partial charge < -0.3 is 20.0 Å². The Balaban J connectivity index is 0.000000254. The third-order valence-corrected chi connectivity index (χ3v) is 3.66. The zero-order valence-corrected chi connectivity index (χ0v) is 17.1. The molecule has 130 valence electrons. The third kappa shape index (κ3) is 8.35. The summed E-state index contributed by atoms with van der Waals surface area (Å²) in [6.45, 7) is -2.83. The SMILES string of the molecule is FC(F)Oc1cn[c-]nc1.Fc1cc(Br)cnc1NC1CCCC1.[Na+]. The number of ether oxygens (including phenoxy) is 1. The molecule has 0 spiro atoms. The molecule has 1 N–H and O–H groups in total. The average molecular weight is 427 g/mol. The first-order chi connectivity index (χ1) is 11.5. The summed E-state index contributed by atoms with van der Waals surface area (Å²) in [6.07, 6.45) is 10.7. The molecule has 0 bridgehead atoms. The summed E-state index contributed by atoms with van der Waals surface area (Å²) in [5, 5.41) is 3.13. The van der Waals surface area contributed by atoms with E-state index < -0.39 is 6.61 Å². The van der Waals surface area contributed by atoms with Crippen molar-refractivity contribution < 1.29 is 47.5 Å². The maximum Gasteiger partial charge on any atom is 1.00 e. The van der Waals surface area contributed by atoms with Crippen molar-refractivity contribution in [2.45, 2.75) is 38.3 Å².